The predicted molar refractivity (Wildman–Crippen MR) is 108 cm³/mol. The van der Waals surface area contributed by atoms with Crippen molar-refractivity contribution in [2.75, 3.05) is 0 Å². The van der Waals surface area contributed by atoms with Gasteiger partial charge in [-0.2, -0.15) is 10.4 Å². The van der Waals surface area contributed by atoms with Gasteiger partial charge in [0.15, 0.2) is 5.69 Å². The number of hydrogen-bond donors (Lipinski definition) is 3. The smallest absolute Gasteiger partial charge is 0.269 e. The van der Waals surface area contributed by atoms with Crippen LogP contribution in [-0.4, -0.2) is 27.2 Å². The van der Waals surface area contributed by atoms with Gasteiger partial charge in [0.05, 0.1) is 12.1 Å². The van der Waals surface area contributed by atoms with E-state index in [-0.39, 0.29) is 23.4 Å². The van der Waals surface area contributed by atoms with Crippen molar-refractivity contribution in [2.24, 2.45) is 11.5 Å². The van der Waals surface area contributed by atoms with E-state index in [1.54, 1.807) is 10.7 Å². The molecule has 0 fully saturated rings. The molecule has 0 atom stereocenters. The number of phenols is 1. The molecule has 5 N–H and O–H groups in total. The van der Waals surface area contributed by atoms with E-state index in [0.29, 0.717) is 17.7 Å². The lowest BCUT2D eigenvalue weighted by Gasteiger charge is -2.07. The summed E-state index contributed by atoms with van der Waals surface area (Å²) < 4.78 is 1.72. The van der Waals surface area contributed by atoms with Crippen molar-refractivity contribution in [1.29, 1.82) is 5.26 Å². The SMILES string of the molecule is Cc1ccc(Cn2nc(C(N)=O)c(-c3ccc(C#N)c(O)c3)c2C)cc1.NC=O. The van der Waals surface area contributed by atoms with Gasteiger partial charge >= 0.3 is 0 Å². The molecule has 3 aromatic rings. The number of carbonyl (C=O) groups excluding carboxylic acids is 2. The minimum absolute atomic E-state index is 0.138. The first-order valence-corrected chi connectivity index (χ1v) is 8.64. The number of aromatic nitrogens is 2. The summed E-state index contributed by atoms with van der Waals surface area (Å²) in [6.45, 7) is 4.36. The number of primary amides is 2. The van der Waals surface area contributed by atoms with E-state index in [1.807, 2.05) is 44.2 Å². The van der Waals surface area contributed by atoms with Crippen LogP contribution < -0.4 is 11.5 Å². The van der Waals surface area contributed by atoms with Gasteiger partial charge in [0.25, 0.3) is 5.91 Å². The third-order valence-electron chi connectivity index (χ3n) is 4.30. The summed E-state index contributed by atoms with van der Waals surface area (Å²) in [5.41, 5.74) is 14.1. The van der Waals surface area contributed by atoms with Gasteiger partial charge in [-0.3, -0.25) is 14.3 Å². The molecule has 3 rings (SSSR count). The molecule has 2 amide bonds. The third kappa shape index (κ3) is 4.78. The van der Waals surface area contributed by atoms with Crippen molar-refractivity contribution >= 4 is 12.3 Å². The maximum atomic E-state index is 11.9. The molecule has 148 valence electrons. The van der Waals surface area contributed by atoms with Crippen LogP contribution in [-0.2, 0) is 11.3 Å². The lowest BCUT2D eigenvalue weighted by Crippen LogP contribution is -2.13. The van der Waals surface area contributed by atoms with E-state index in [2.05, 4.69) is 10.8 Å². The molecule has 0 bridgehead atoms. The van der Waals surface area contributed by atoms with Gasteiger partial charge in [0.2, 0.25) is 6.41 Å². The van der Waals surface area contributed by atoms with Crippen LogP contribution in [0.4, 0.5) is 0 Å². The molecule has 29 heavy (non-hydrogen) atoms. The monoisotopic (exact) mass is 391 g/mol. The van der Waals surface area contributed by atoms with Crippen molar-refractivity contribution in [3.05, 3.63) is 70.5 Å². The van der Waals surface area contributed by atoms with Gasteiger partial charge in [-0.15, -0.1) is 0 Å². The summed E-state index contributed by atoms with van der Waals surface area (Å²) in [7, 11) is 0. The van der Waals surface area contributed by atoms with Gasteiger partial charge in [-0.05, 0) is 37.1 Å². The number of phenolic OH excluding ortho intramolecular Hbond substituents is 1. The molecule has 0 aliphatic carbocycles. The van der Waals surface area contributed by atoms with Gasteiger partial charge in [-0.1, -0.05) is 35.9 Å². The first-order chi connectivity index (χ1) is 13.8. The number of nitrogens with two attached hydrogens (primary N) is 2. The number of hydrogen-bond acceptors (Lipinski definition) is 5. The average molecular weight is 391 g/mol. The average Bonchev–Trinajstić information content (AvgIpc) is 3.01. The summed E-state index contributed by atoms with van der Waals surface area (Å²) in [6.07, 6.45) is 0.250. The number of aryl methyl sites for hydroxylation is 1. The molecule has 0 radical (unpaired) electrons. The fraction of sp³-hybridized carbons (Fsp3) is 0.143. The predicted octanol–water partition coefficient (Wildman–Crippen LogP) is 1.99. The molecule has 1 heterocycles. The second-order valence-corrected chi connectivity index (χ2v) is 6.30. The second kappa shape index (κ2) is 9.19. The maximum Gasteiger partial charge on any atom is 0.269 e. The van der Waals surface area contributed by atoms with Gasteiger partial charge < -0.3 is 16.6 Å². The highest BCUT2D eigenvalue weighted by Crippen LogP contribution is 2.31. The zero-order valence-electron chi connectivity index (χ0n) is 16.1. The molecule has 0 saturated carbocycles. The van der Waals surface area contributed by atoms with E-state index >= 15 is 0 Å². The molecule has 0 aliphatic heterocycles. The highest BCUT2D eigenvalue weighted by Gasteiger charge is 2.21. The summed E-state index contributed by atoms with van der Waals surface area (Å²) in [5.74, 6) is -0.791. The molecule has 2 aromatic carbocycles. The molecule has 8 heteroatoms. The molecular formula is C21H21N5O3. The van der Waals surface area contributed by atoms with Crippen molar-refractivity contribution in [2.45, 2.75) is 20.4 Å². The number of benzene rings is 2. The zero-order valence-corrected chi connectivity index (χ0v) is 16.1. The van der Waals surface area contributed by atoms with Crippen LogP contribution in [0.1, 0.15) is 32.9 Å². The Morgan fingerprint density at radius 2 is 1.86 bits per heavy atom. The number of amides is 2. The number of aromatic hydroxyl groups is 1. The molecule has 0 saturated heterocycles. The Bertz CT molecular complexity index is 1080. The minimum atomic E-state index is -0.644. The zero-order chi connectivity index (χ0) is 21.6. The van der Waals surface area contributed by atoms with Crippen molar-refractivity contribution in [3.63, 3.8) is 0 Å². The minimum Gasteiger partial charge on any atom is -0.507 e. The molecule has 0 spiro atoms. The largest absolute Gasteiger partial charge is 0.507 e. The van der Waals surface area contributed by atoms with Crippen LogP contribution in [0.25, 0.3) is 11.1 Å². The van der Waals surface area contributed by atoms with E-state index in [9.17, 15) is 9.90 Å². The number of nitrogens with zero attached hydrogens (tertiary/aromatic N) is 3. The van der Waals surface area contributed by atoms with Crippen molar-refractivity contribution in [3.8, 4) is 22.9 Å². The highest BCUT2D eigenvalue weighted by molar-refractivity contribution is 5.98. The number of nitriles is 1. The van der Waals surface area contributed by atoms with Crippen LogP contribution in [0.5, 0.6) is 5.75 Å². The first kappa shape index (κ1) is 21.2. The summed E-state index contributed by atoms with van der Waals surface area (Å²) >= 11 is 0. The summed E-state index contributed by atoms with van der Waals surface area (Å²) in [5, 5.41) is 23.3. The van der Waals surface area contributed by atoms with Gasteiger partial charge in [0.1, 0.15) is 11.8 Å². The second-order valence-electron chi connectivity index (χ2n) is 6.30. The van der Waals surface area contributed by atoms with E-state index in [1.165, 1.54) is 12.1 Å². The third-order valence-corrected chi connectivity index (χ3v) is 4.30. The molecule has 0 aliphatic rings. The fourth-order valence-electron chi connectivity index (χ4n) is 2.87. The van der Waals surface area contributed by atoms with Gasteiger partial charge in [-0.25, -0.2) is 0 Å². The Kier molecular flexibility index (Phi) is 6.71. The van der Waals surface area contributed by atoms with Crippen LogP contribution >= 0.6 is 0 Å². The van der Waals surface area contributed by atoms with Crippen molar-refractivity contribution < 1.29 is 14.7 Å². The Hall–Kier alpha value is -4.12. The Morgan fingerprint density at radius 1 is 1.24 bits per heavy atom. The van der Waals surface area contributed by atoms with Crippen LogP contribution in [0.3, 0.4) is 0 Å². The Balaban J connectivity index is 0.000000941. The lowest BCUT2D eigenvalue weighted by atomic mass is 10.0. The van der Waals surface area contributed by atoms with E-state index < -0.39 is 5.91 Å². The van der Waals surface area contributed by atoms with Crippen molar-refractivity contribution in [1.82, 2.24) is 9.78 Å². The molecule has 8 nitrogen and oxygen atoms in total. The molecule has 1 aromatic heterocycles. The lowest BCUT2D eigenvalue weighted by molar-refractivity contribution is -0.106. The Labute approximate surface area is 168 Å². The maximum absolute atomic E-state index is 11.9. The number of carbonyl (C=O) groups is 2. The quantitative estimate of drug-likeness (QED) is 0.582. The van der Waals surface area contributed by atoms with Crippen LogP contribution in [0.2, 0.25) is 0 Å². The first-order valence-electron chi connectivity index (χ1n) is 8.64. The standard InChI is InChI=1S/C20H18N4O2.CH3NO/c1-12-3-5-14(6-4-12)11-24-13(2)18(19(23-24)20(22)26)15-7-8-16(10-21)17(25)9-15;2-1-3/h3-9,25H,11H2,1-2H3,(H2,22,26);1H,(H2,2,3). The van der Waals surface area contributed by atoms with Crippen LogP contribution in [0.15, 0.2) is 42.5 Å². The van der Waals surface area contributed by atoms with E-state index in [0.717, 1.165) is 16.8 Å². The summed E-state index contributed by atoms with van der Waals surface area (Å²) in [4.78, 5) is 20.5. The topological polar surface area (TPSA) is 148 Å². The highest BCUT2D eigenvalue weighted by atomic mass is 16.3. The summed E-state index contributed by atoms with van der Waals surface area (Å²) in [6, 6.07) is 14.6. The normalized spacial score (nSPS) is 9.83. The molecule has 0 unspecified atom stereocenters. The van der Waals surface area contributed by atoms with Crippen LogP contribution in [0, 0.1) is 25.2 Å². The van der Waals surface area contributed by atoms with E-state index in [4.69, 9.17) is 15.8 Å². The van der Waals surface area contributed by atoms with Gasteiger partial charge in [0, 0.05) is 11.3 Å². The Morgan fingerprint density at radius 3 is 2.38 bits per heavy atom. The number of rotatable bonds is 4. The fourth-order valence-corrected chi connectivity index (χ4v) is 2.87. The molecular weight excluding hydrogens is 370 g/mol.